The number of nitrogens with one attached hydrogen (secondary N) is 1. The van der Waals surface area contributed by atoms with Crippen molar-refractivity contribution in [3.05, 3.63) is 53.1 Å². The molecule has 3 rings (SSSR count). The maximum atomic E-state index is 11.5. The predicted octanol–water partition coefficient (Wildman–Crippen LogP) is 2.97. The standard InChI is InChI=1S/C21H25NO5/c1-14(12-26-17-5-6-18-16(11-17)13-27-21(18)23)22-9-8-15-4-7-19(24-2)20(10-15)25-3/h4-7,10-11,14,22H,8-9,12-13H2,1-3H3. The SMILES string of the molecule is COc1ccc(CCNC(C)COc2ccc3c(c2)COC3=O)cc1OC. The van der Waals surface area contributed by atoms with Crippen LogP contribution in [0.4, 0.5) is 0 Å². The fourth-order valence-corrected chi connectivity index (χ4v) is 2.98. The number of hydrogen-bond donors (Lipinski definition) is 1. The van der Waals surface area contributed by atoms with E-state index in [1.807, 2.05) is 30.3 Å². The summed E-state index contributed by atoms with van der Waals surface area (Å²) in [5.41, 5.74) is 2.69. The summed E-state index contributed by atoms with van der Waals surface area (Å²) in [6.07, 6.45) is 0.878. The van der Waals surface area contributed by atoms with Gasteiger partial charge in [0.15, 0.2) is 11.5 Å². The normalized spacial score (nSPS) is 13.7. The molecule has 0 saturated carbocycles. The average molecular weight is 371 g/mol. The largest absolute Gasteiger partial charge is 0.493 e. The molecule has 2 aromatic rings. The molecular formula is C21H25NO5. The molecule has 6 heteroatoms. The van der Waals surface area contributed by atoms with Crippen LogP contribution in [0.3, 0.4) is 0 Å². The van der Waals surface area contributed by atoms with Crippen molar-refractivity contribution in [3.8, 4) is 17.2 Å². The highest BCUT2D eigenvalue weighted by Crippen LogP contribution is 2.27. The van der Waals surface area contributed by atoms with Crippen LogP contribution >= 0.6 is 0 Å². The Kier molecular flexibility index (Phi) is 6.19. The molecule has 0 amide bonds. The van der Waals surface area contributed by atoms with Crippen molar-refractivity contribution in [1.82, 2.24) is 5.32 Å². The molecule has 0 radical (unpaired) electrons. The summed E-state index contributed by atoms with van der Waals surface area (Å²) < 4.78 is 21.4. The summed E-state index contributed by atoms with van der Waals surface area (Å²) in [6.45, 7) is 3.77. The molecule has 1 aliphatic heterocycles. The molecule has 1 aliphatic rings. The Morgan fingerprint density at radius 1 is 1.11 bits per heavy atom. The second-order valence-electron chi connectivity index (χ2n) is 6.50. The van der Waals surface area contributed by atoms with Gasteiger partial charge in [0.1, 0.15) is 19.0 Å². The second kappa shape index (κ2) is 8.77. The first-order valence-electron chi connectivity index (χ1n) is 8.98. The molecule has 0 aromatic heterocycles. The van der Waals surface area contributed by atoms with E-state index < -0.39 is 0 Å². The molecule has 27 heavy (non-hydrogen) atoms. The number of rotatable bonds is 9. The van der Waals surface area contributed by atoms with Gasteiger partial charge in [0.2, 0.25) is 0 Å². The van der Waals surface area contributed by atoms with Gasteiger partial charge in [-0.2, -0.15) is 0 Å². The van der Waals surface area contributed by atoms with Crippen molar-refractivity contribution in [2.45, 2.75) is 26.0 Å². The second-order valence-corrected chi connectivity index (χ2v) is 6.50. The third kappa shape index (κ3) is 4.71. The number of hydrogen-bond acceptors (Lipinski definition) is 6. The van der Waals surface area contributed by atoms with Crippen molar-refractivity contribution in [2.75, 3.05) is 27.4 Å². The van der Waals surface area contributed by atoms with Gasteiger partial charge in [-0.15, -0.1) is 0 Å². The smallest absolute Gasteiger partial charge is 0.338 e. The van der Waals surface area contributed by atoms with E-state index in [2.05, 4.69) is 12.2 Å². The van der Waals surface area contributed by atoms with Crippen LogP contribution in [0.1, 0.15) is 28.4 Å². The van der Waals surface area contributed by atoms with E-state index >= 15 is 0 Å². The van der Waals surface area contributed by atoms with E-state index in [1.165, 1.54) is 5.56 Å². The van der Waals surface area contributed by atoms with Gasteiger partial charge in [-0.1, -0.05) is 6.07 Å². The molecule has 1 atom stereocenters. The molecule has 0 fully saturated rings. The number of esters is 1. The maximum Gasteiger partial charge on any atom is 0.338 e. The van der Waals surface area contributed by atoms with Crippen molar-refractivity contribution >= 4 is 5.97 Å². The van der Waals surface area contributed by atoms with Crippen molar-refractivity contribution in [1.29, 1.82) is 0 Å². The zero-order valence-corrected chi connectivity index (χ0v) is 15.9. The Balaban J connectivity index is 1.44. The lowest BCUT2D eigenvalue weighted by Crippen LogP contribution is -2.33. The van der Waals surface area contributed by atoms with Crippen LogP contribution in [0.2, 0.25) is 0 Å². The lowest BCUT2D eigenvalue weighted by atomic mass is 10.1. The van der Waals surface area contributed by atoms with Crippen LogP contribution in [0, 0.1) is 0 Å². The van der Waals surface area contributed by atoms with Crippen LogP contribution in [-0.2, 0) is 17.8 Å². The molecule has 1 heterocycles. The zero-order valence-electron chi connectivity index (χ0n) is 15.9. The highest BCUT2D eigenvalue weighted by atomic mass is 16.5. The van der Waals surface area contributed by atoms with Gasteiger partial charge in [-0.3, -0.25) is 0 Å². The first-order chi connectivity index (χ1) is 13.1. The van der Waals surface area contributed by atoms with Gasteiger partial charge in [-0.05, 0) is 55.8 Å². The molecule has 6 nitrogen and oxygen atoms in total. The summed E-state index contributed by atoms with van der Waals surface area (Å²) >= 11 is 0. The molecule has 1 N–H and O–H groups in total. The van der Waals surface area contributed by atoms with Gasteiger partial charge in [-0.25, -0.2) is 4.79 Å². The molecule has 2 aromatic carbocycles. The number of carbonyl (C=O) groups excluding carboxylic acids is 1. The lowest BCUT2D eigenvalue weighted by Gasteiger charge is -2.16. The van der Waals surface area contributed by atoms with Gasteiger partial charge < -0.3 is 24.3 Å². The maximum absolute atomic E-state index is 11.5. The Labute approximate surface area is 159 Å². The van der Waals surface area contributed by atoms with Gasteiger partial charge in [0.05, 0.1) is 19.8 Å². The third-order valence-electron chi connectivity index (χ3n) is 4.51. The Bertz CT molecular complexity index is 805. The molecule has 0 saturated heterocycles. The van der Waals surface area contributed by atoms with E-state index in [1.54, 1.807) is 20.3 Å². The van der Waals surface area contributed by atoms with E-state index in [0.29, 0.717) is 18.8 Å². The van der Waals surface area contributed by atoms with E-state index in [0.717, 1.165) is 35.8 Å². The highest BCUT2D eigenvalue weighted by Gasteiger charge is 2.21. The van der Waals surface area contributed by atoms with Crippen molar-refractivity contribution in [3.63, 3.8) is 0 Å². The fraction of sp³-hybridized carbons (Fsp3) is 0.381. The summed E-state index contributed by atoms with van der Waals surface area (Å²) in [7, 11) is 3.27. The van der Waals surface area contributed by atoms with Crippen LogP contribution in [0.25, 0.3) is 0 Å². The van der Waals surface area contributed by atoms with Crippen molar-refractivity contribution < 1.29 is 23.7 Å². The Hall–Kier alpha value is -2.73. The average Bonchev–Trinajstić information content (AvgIpc) is 3.06. The minimum absolute atomic E-state index is 0.191. The molecule has 0 aliphatic carbocycles. The first-order valence-corrected chi connectivity index (χ1v) is 8.98. The van der Waals surface area contributed by atoms with Crippen LogP contribution < -0.4 is 19.5 Å². The van der Waals surface area contributed by atoms with Crippen LogP contribution in [0.5, 0.6) is 17.2 Å². The number of ether oxygens (including phenoxy) is 4. The predicted molar refractivity (Wildman–Crippen MR) is 102 cm³/mol. The number of benzene rings is 2. The van der Waals surface area contributed by atoms with Gasteiger partial charge >= 0.3 is 5.97 Å². The fourth-order valence-electron chi connectivity index (χ4n) is 2.98. The number of cyclic esters (lactones) is 1. The van der Waals surface area contributed by atoms with Crippen LogP contribution in [-0.4, -0.2) is 39.4 Å². The molecular weight excluding hydrogens is 346 g/mol. The van der Waals surface area contributed by atoms with E-state index in [4.69, 9.17) is 18.9 Å². The highest BCUT2D eigenvalue weighted by molar-refractivity contribution is 5.93. The van der Waals surface area contributed by atoms with Gasteiger partial charge in [0, 0.05) is 11.6 Å². The van der Waals surface area contributed by atoms with Crippen LogP contribution in [0.15, 0.2) is 36.4 Å². The quantitative estimate of drug-likeness (QED) is 0.684. The van der Waals surface area contributed by atoms with E-state index in [-0.39, 0.29) is 12.0 Å². The number of fused-ring (bicyclic) bond motifs is 1. The third-order valence-corrected chi connectivity index (χ3v) is 4.51. The topological polar surface area (TPSA) is 66.0 Å². The van der Waals surface area contributed by atoms with Crippen molar-refractivity contribution in [2.24, 2.45) is 0 Å². The summed E-state index contributed by atoms with van der Waals surface area (Å²) in [6, 6.07) is 11.6. The summed E-state index contributed by atoms with van der Waals surface area (Å²) in [5.74, 6) is 1.96. The number of carbonyl (C=O) groups is 1. The minimum Gasteiger partial charge on any atom is -0.493 e. The zero-order chi connectivity index (χ0) is 19.2. The van der Waals surface area contributed by atoms with E-state index in [9.17, 15) is 4.79 Å². The first kappa shape index (κ1) is 19.0. The molecule has 1 unspecified atom stereocenters. The molecule has 144 valence electrons. The van der Waals surface area contributed by atoms with Gasteiger partial charge in [0.25, 0.3) is 0 Å². The number of methoxy groups -OCH3 is 2. The summed E-state index contributed by atoms with van der Waals surface area (Å²) in [5, 5.41) is 3.45. The molecule has 0 bridgehead atoms. The minimum atomic E-state index is -0.262. The Morgan fingerprint density at radius 3 is 2.70 bits per heavy atom. The summed E-state index contributed by atoms with van der Waals surface area (Å²) in [4.78, 5) is 11.5. The Morgan fingerprint density at radius 2 is 1.93 bits per heavy atom. The monoisotopic (exact) mass is 371 g/mol. The lowest BCUT2D eigenvalue weighted by molar-refractivity contribution is 0.0535. The molecule has 0 spiro atoms.